The number of nitriles is 2. The predicted octanol–water partition coefficient (Wildman–Crippen LogP) is 0.564. The molecule has 0 saturated carbocycles. The number of rotatable bonds is 3. The van der Waals surface area contributed by atoms with Crippen LogP contribution in [-0.2, 0) is 4.79 Å². The van der Waals surface area contributed by atoms with E-state index in [4.69, 9.17) is 10.5 Å². The maximum absolute atomic E-state index is 11.0. The zero-order valence-corrected chi connectivity index (χ0v) is 7.16. The van der Waals surface area contributed by atoms with Crippen molar-refractivity contribution < 1.29 is 4.79 Å². The fourth-order valence-electron chi connectivity index (χ4n) is 0.581. The van der Waals surface area contributed by atoms with Gasteiger partial charge >= 0.3 is 0 Å². The van der Waals surface area contributed by atoms with Crippen molar-refractivity contribution in [2.75, 3.05) is 0 Å². The van der Waals surface area contributed by atoms with Gasteiger partial charge in [-0.3, -0.25) is 4.79 Å². The van der Waals surface area contributed by atoms with Gasteiger partial charge in [0.05, 0.1) is 12.1 Å². The molecule has 0 radical (unpaired) electrons. The van der Waals surface area contributed by atoms with E-state index < -0.39 is 12.0 Å². The summed E-state index contributed by atoms with van der Waals surface area (Å²) in [6, 6.07) is 3.24. The third kappa shape index (κ3) is 3.03. The summed E-state index contributed by atoms with van der Waals surface area (Å²) in [6.45, 7) is 3.30. The summed E-state index contributed by atoms with van der Waals surface area (Å²) in [5.74, 6) is -1.07. The quantitative estimate of drug-likeness (QED) is 0.663. The van der Waals surface area contributed by atoms with Gasteiger partial charge in [-0.1, -0.05) is 6.92 Å². The van der Waals surface area contributed by atoms with E-state index in [-0.39, 0.29) is 5.91 Å². The van der Waals surface area contributed by atoms with E-state index in [1.165, 1.54) is 6.92 Å². The molecule has 4 heteroatoms. The molecule has 0 saturated heterocycles. The molecule has 1 N–H and O–H groups in total. The maximum Gasteiger partial charge on any atom is 0.238 e. The highest BCUT2D eigenvalue weighted by Crippen LogP contribution is 1.94. The summed E-state index contributed by atoms with van der Waals surface area (Å²) in [5, 5.41) is 19.3. The van der Waals surface area contributed by atoms with Crippen LogP contribution in [0.15, 0.2) is 0 Å². The van der Waals surface area contributed by atoms with Gasteiger partial charge < -0.3 is 5.32 Å². The summed E-state index contributed by atoms with van der Waals surface area (Å²) in [4.78, 5) is 11.0. The van der Waals surface area contributed by atoms with Crippen LogP contribution in [0.3, 0.4) is 0 Å². The largest absolute Gasteiger partial charge is 0.339 e. The molecule has 0 aromatic rings. The normalized spacial score (nSPS) is 13.7. The molecule has 0 aliphatic heterocycles. The second-order valence-electron chi connectivity index (χ2n) is 2.45. The molecular weight excluding hydrogens is 154 g/mol. The second kappa shape index (κ2) is 5.15. The van der Waals surface area contributed by atoms with E-state index in [1.807, 2.05) is 6.07 Å². The number of nitrogens with zero attached hydrogens (tertiary/aromatic N) is 2. The van der Waals surface area contributed by atoms with E-state index in [9.17, 15) is 4.79 Å². The fourth-order valence-corrected chi connectivity index (χ4v) is 0.581. The third-order valence-corrected chi connectivity index (χ3v) is 1.47. The number of nitrogens with one attached hydrogen (secondary N) is 1. The number of hydrogen-bond donors (Lipinski definition) is 1. The monoisotopic (exact) mass is 165 g/mol. The lowest BCUT2D eigenvalue weighted by molar-refractivity contribution is -0.123. The van der Waals surface area contributed by atoms with Gasteiger partial charge in [0, 0.05) is 0 Å². The molecule has 1 amide bonds. The van der Waals surface area contributed by atoms with Crippen LogP contribution in [-0.4, -0.2) is 11.9 Å². The average molecular weight is 165 g/mol. The first kappa shape index (κ1) is 10.4. The van der Waals surface area contributed by atoms with E-state index in [0.29, 0.717) is 6.42 Å². The van der Waals surface area contributed by atoms with Gasteiger partial charge in [0.15, 0.2) is 0 Å². The predicted molar refractivity (Wildman–Crippen MR) is 42.6 cm³/mol. The summed E-state index contributed by atoms with van der Waals surface area (Å²) >= 11 is 0. The molecule has 0 heterocycles. The minimum Gasteiger partial charge on any atom is -0.339 e. The molecule has 1 unspecified atom stereocenters. The molecule has 4 nitrogen and oxygen atoms in total. The van der Waals surface area contributed by atoms with Gasteiger partial charge in [0.25, 0.3) is 0 Å². The highest BCUT2D eigenvalue weighted by atomic mass is 16.1. The minimum atomic E-state index is -0.688. The molecular formula is C8H11N3O. The topological polar surface area (TPSA) is 76.7 Å². The SMILES string of the molecule is CC[C@H](C#N)NC(=O)C(C)C#N. The Kier molecular flexibility index (Phi) is 4.48. The smallest absolute Gasteiger partial charge is 0.238 e. The van der Waals surface area contributed by atoms with E-state index >= 15 is 0 Å². The molecule has 0 rings (SSSR count). The maximum atomic E-state index is 11.0. The van der Waals surface area contributed by atoms with Crippen molar-refractivity contribution in [1.82, 2.24) is 5.32 Å². The third-order valence-electron chi connectivity index (χ3n) is 1.47. The van der Waals surface area contributed by atoms with Gasteiger partial charge in [-0.2, -0.15) is 10.5 Å². The van der Waals surface area contributed by atoms with Crippen LogP contribution in [0.4, 0.5) is 0 Å². The Bertz CT molecular complexity index is 236. The Morgan fingerprint density at radius 3 is 2.42 bits per heavy atom. The lowest BCUT2D eigenvalue weighted by Gasteiger charge is -2.09. The first-order valence-corrected chi connectivity index (χ1v) is 3.75. The molecule has 0 aromatic carbocycles. The van der Waals surface area contributed by atoms with E-state index in [0.717, 1.165) is 0 Å². The highest BCUT2D eigenvalue weighted by Gasteiger charge is 2.14. The number of hydrogen-bond acceptors (Lipinski definition) is 3. The molecule has 12 heavy (non-hydrogen) atoms. The molecule has 64 valence electrons. The lowest BCUT2D eigenvalue weighted by atomic mass is 10.1. The van der Waals surface area contributed by atoms with Crippen LogP contribution < -0.4 is 5.32 Å². The van der Waals surface area contributed by atoms with Crippen LogP contribution in [0.2, 0.25) is 0 Å². The number of amides is 1. The highest BCUT2D eigenvalue weighted by molar-refractivity contribution is 5.81. The van der Waals surface area contributed by atoms with Gasteiger partial charge in [-0.05, 0) is 13.3 Å². The van der Waals surface area contributed by atoms with Gasteiger partial charge in [-0.15, -0.1) is 0 Å². The van der Waals surface area contributed by atoms with Crippen molar-refractivity contribution in [3.63, 3.8) is 0 Å². The summed E-state index contributed by atoms with van der Waals surface area (Å²) in [6.07, 6.45) is 0.556. The minimum absolute atomic E-state index is 0.383. The Morgan fingerprint density at radius 1 is 1.50 bits per heavy atom. The van der Waals surface area contributed by atoms with Gasteiger partial charge in [0.2, 0.25) is 5.91 Å². The summed E-state index contributed by atoms with van der Waals surface area (Å²) in [7, 11) is 0. The van der Waals surface area contributed by atoms with Crippen molar-refractivity contribution in [3.8, 4) is 12.1 Å². The summed E-state index contributed by atoms with van der Waals surface area (Å²) < 4.78 is 0. The lowest BCUT2D eigenvalue weighted by Crippen LogP contribution is -2.36. The van der Waals surface area contributed by atoms with Gasteiger partial charge in [-0.25, -0.2) is 0 Å². The number of carbonyl (C=O) groups is 1. The van der Waals surface area contributed by atoms with Crippen molar-refractivity contribution in [2.45, 2.75) is 26.3 Å². The average Bonchev–Trinajstić information content (AvgIpc) is 2.12. The van der Waals surface area contributed by atoms with Crippen LogP contribution in [0, 0.1) is 28.6 Å². The molecule has 0 bridgehead atoms. The Hall–Kier alpha value is -1.55. The fraction of sp³-hybridized carbons (Fsp3) is 0.625. The molecule has 0 spiro atoms. The molecule has 2 atom stereocenters. The van der Waals surface area contributed by atoms with Crippen LogP contribution >= 0.6 is 0 Å². The Labute approximate surface area is 71.8 Å². The standard InChI is InChI=1S/C8H11N3O/c1-3-7(5-10)11-8(12)6(2)4-9/h6-7H,3H2,1-2H3,(H,11,12)/t6?,7-/m1/s1. The van der Waals surface area contributed by atoms with E-state index in [2.05, 4.69) is 5.32 Å². The Morgan fingerprint density at radius 2 is 2.08 bits per heavy atom. The zero-order chi connectivity index (χ0) is 9.56. The molecule has 0 aliphatic rings. The first-order chi connectivity index (χ1) is 5.65. The summed E-state index contributed by atoms with van der Waals surface area (Å²) in [5.41, 5.74) is 0. The van der Waals surface area contributed by atoms with Crippen molar-refractivity contribution in [3.05, 3.63) is 0 Å². The molecule has 0 aliphatic carbocycles. The van der Waals surface area contributed by atoms with Crippen molar-refractivity contribution in [2.24, 2.45) is 5.92 Å². The van der Waals surface area contributed by atoms with Crippen molar-refractivity contribution >= 4 is 5.91 Å². The van der Waals surface area contributed by atoms with Gasteiger partial charge in [0.1, 0.15) is 12.0 Å². The van der Waals surface area contributed by atoms with E-state index in [1.54, 1.807) is 13.0 Å². The van der Waals surface area contributed by atoms with Crippen LogP contribution in [0.1, 0.15) is 20.3 Å². The second-order valence-corrected chi connectivity index (χ2v) is 2.45. The Balaban J connectivity index is 4.03. The van der Waals surface area contributed by atoms with Crippen LogP contribution in [0.25, 0.3) is 0 Å². The molecule has 0 fully saturated rings. The number of carbonyl (C=O) groups excluding carboxylic acids is 1. The van der Waals surface area contributed by atoms with Crippen molar-refractivity contribution in [1.29, 1.82) is 10.5 Å². The first-order valence-electron chi connectivity index (χ1n) is 3.75. The zero-order valence-electron chi connectivity index (χ0n) is 7.16. The van der Waals surface area contributed by atoms with Crippen LogP contribution in [0.5, 0.6) is 0 Å². The molecule has 0 aromatic heterocycles.